The number of rotatable bonds is 15. The minimum absolute atomic E-state index is 0.0678. The first-order chi connectivity index (χ1) is 23.4. The molecular weight excluding hydrogens is 645 g/mol. The van der Waals surface area contributed by atoms with Crippen LogP contribution in [0.2, 0.25) is 0 Å². The number of carbonyl (C=O) groups excluding carboxylic acids is 2. The standard InChI is InChI=1S/C38H44FN3O6S/c1-7-28(4)40-38(44)34(22-29-11-9-8-10-12-29)41(24-30-13-15-31(39)16-14-30)37(43)25-42(32-20-26(2)19-27(3)21-32)49(45,46)33-17-18-35(47-5)36(23-33)48-6/h8-21,23,28,34H,7,22,24-25H2,1-6H3,(H,40,44)/t28-,34-/m0/s1. The molecule has 4 aromatic carbocycles. The van der Waals surface area contributed by atoms with Crippen molar-refractivity contribution >= 4 is 27.5 Å². The molecule has 2 atom stereocenters. The number of methoxy groups -OCH3 is 2. The molecule has 0 unspecified atom stereocenters. The van der Waals surface area contributed by atoms with E-state index in [4.69, 9.17) is 9.47 Å². The lowest BCUT2D eigenvalue weighted by Crippen LogP contribution is -2.54. The molecule has 0 aliphatic carbocycles. The van der Waals surface area contributed by atoms with Crippen molar-refractivity contribution in [2.45, 2.75) is 64.1 Å². The lowest BCUT2D eigenvalue weighted by atomic mass is 10.0. The van der Waals surface area contributed by atoms with Crippen molar-refractivity contribution < 1.29 is 31.9 Å². The topological polar surface area (TPSA) is 105 Å². The van der Waals surface area contributed by atoms with Crippen LogP contribution in [0, 0.1) is 19.7 Å². The number of halogens is 1. The highest BCUT2D eigenvalue weighted by atomic mass is 32.2. The summed E-state index contributed by atoms with van der Waals surface area (Å²) in [5, 5.41) is 3.01. The molecule has 4 rings (SSSR count). The molecule has 11 heteroatoms. The summed E-state index contributed by atoms with van der Waals surface area (Å²) in [5.41, 5.74) is 3.27. The number of aryl methyl sites for hydroxylation is 2. The number of sulfonamides is 1. The second kappa shape index (κ2) is 16.5. The van der Waals surface area contributed by atoms with Crippen molar-refractivity contribution in [2.75, 3.05) is 25.1 Å². The van der Waals surface area contributed by atoms with Crippen LogP contribution in [0.15, 0.2) is 95.9 Å². The predicted molar refractivity (Wildman–Crippen MR) is 189 cm³/mol. The Balaban J connectivity index is 1.85. The monoisotopic (exact) mass is 689 g/mol. The van der Waals surface area contributed by atoms with Crippen LogP contribution >= 0.6 is 0 Å². The zero-order chi connectivity index (χ0) is 35.7. The largest absolute Gasteiger partial charge is 0.493 e. The number of hydrogen-bond donors (Lipinski definition) is 1. The molecule has 0 aliphatic heterocycles. The van der Waals surface area contributed by atoms with Gasteiger partial charge in [0.2, 0.25) is 11.8 Å². The van der Waals surface area contributed by atoms with Gasteiger partial charge in [0.25, 0.3) is 10.0 Å². The van der Waals surface area contributed by atoms with E-state index in [9.17, 15) is 22.4 Å². The summed E-state index contributed by atoms with van der Waals surface area (Å²) in [4.78, 5) is 29.9. The Labute approximate surface area is 288 Å². The zero-order valence-electron chi connectivity index (χ0n) is 28.8. The van der Waals surface area contributed by atoms with Gasteiger partial charge in [-0.15, -0.1) is 0 Å². The number of nitrogens with one attached hydrogen (secondary N) is 1. The molecule has 0 aromatic heterocycles. The maximum Gasteiger partial charge on any atom is 0.264 e. The Morgan fingerprint density at radius 3 is 2.06 bits per heavy atom. The molecule has 0 saturated carbocycles. The number of nitrogens with zero attached hydrogens (tertiary/aromatic N) is 2. The quantitative estimate of drug-likeness (QED) is 0.159. The van der Waals surface area contributed by atoms with E-state index in [1.165, 1.54) is 49.5 Å². The average molecular weight is 690 g/mol. The third-order valence-electron chi connectivity index (χ3n) is 8.25. The summed E-state index contributed by atoms with van der Waals surface area (Å²) in [6.07, 6.45) is 0.835. The van der Waals surface area contributed by atoms with Crippen molar-refractivity contribution in [1.82, 2.24) is 10.2 Å². The molecule has 0 spiro atoms. The van der Waals surface area contributed by atoms with E-state index in [2.05, 4.69) is 5.32 Å². The fourth-order valence-electron chi connectivity index (χ4n) is 5.51. The van der Waals surface area contributed by atoms with Crippen molar-refractivity contribution in [3.8, 4) is 11.5 Å². The summed E-state index contributed by atoms with van der Waals surface area (Å²) >= 11 is 0. The Morgan fingerprint density at radius 1 is 0.837 bits per heavy atom. The molecule has 9 nitrogen and oxygen atoms in total. The molecule has 0 radical (unpaired) electrons. The number of ether oxygens (including phenoxy) is 2. The minimum atomic E-state index is -4.38. The van der Waals surface area contributed by atoms with E-state index in [1.807, 2.05) is 64.1 Å². The van der Waals surface area contributed by atoms with Crippen molar-refractivity contribution in [3.05, 3.63) is 119 Å². The summed E-state index contributed by atoms with van der Waals surface area (Å²) < 4.78 is 54.7. The molecule has 0 bridgehead atoms. The summed E-state index contributed by atoms with van der Waals surface area (Å²) in [6.45, 7) is 6.82. The van der Waals surface area contributed by atoms with E-state index in [0.29, 0.717) is 17.7 Å². The van der Waals surface area contributed by atoms with Gasteiger partial charge in [0, 0.05) is 25.1 Å². The van der Waals surface area contributed by atoms with Crippen molar-refractivity contribution in [1.29, 1.82) is 0 Å². The van der Waals surface area contributed by atoms with Crippen LogP contribution in [-0.2, 0) is 32.6 Å². The number of hydrogen-bond acceptors (Lipinski definition) is 6. The van der Waals surface area contributed by atoms with Gasteiger partial charge in [0.05, 0.1) is 24.8 Å². The maximum atomic E-state index is 14.7. The normalized spacial score (nSPS) is 12.5. The van der Waals surface area contributed by atoms with Crippen LogP contribution in [0.1, 0.15) is 42.5 Å². The molecule has 0 aliphatic rings. The van der Waals surface area contributed by atoms with E-state index >= 15 is 0 Å². The van der Waals surface area contributed by atoms with Crippen LogP contribution < -0.4 is 19.1 Å². The first-order valence-electron chi connectivity index (χ1n) is 16.1. The van der Waals surface area contributed by atoms with Crippen LogP contribution in [0.3, 0.4) is 0 Å². The van der Waals surface area contributed by atoms with E-state index in [1.54, 1.807) is 24.3 Å². The Morgan fingerprint density at radius 2 is 1.47 bits per heavy atom. The molecule has 1 N–H and O–H groups in total. The predicted octanol–water partition coefficient (Wildman–Crippen LogP) is 6.21. The third kappa shape index (κ3) is 9.38. The highest BCUT2D eigenvalue weighted by Crippen LogP contribution is 2.33. The summed E-state index contributed by atoms with van der Waals surface area (Å²) in [7, 11) is -1.52. The van der Waals surface area contributed by atoms with Gasteiger partial charge >= 0.3 is 0 Å². The fourth-order valence-corrected chi connectivity index (χ4v) is 6.92. The number of anilines is 1. The summed E-state index contributed by atoms with van der Waals surface area (Å²) in [6, 6.07) is 23.3. The smallest absolute Gasteiger partial charge is 0.264 e. The average Bonchev–Trinajstić information content (AvgIpc) is 3.08. The third-order valence-corrected chi connectivity index (χ3v) is 10.0. The van der Waals surface area contributed by atoms with Gasteiger partial charge in [-0.1, -0.05) is 55.5 Å². The van der Waals surface area contributed by atoms with E-state index in [0.717, 1.165) is 21.0 Å². The van der Waals surface area contributed by atoms with Gasteiger partial charge in [-0.3, -0.25) is 13.9 Å². The first-order valence-corrected chi connectivity index (χ1v) is 17.5. The Kier molecular flexibility index (Phi) is 12.4. The second-order valence-corrected chi connectivity index (χ2v) is 13.9. The molecule has 4 aromatic rings. The highest BCUT2D eigenvalue weighted by Gasteiger charge is 2.35. The second-order valence-electron chi connectivity index (χ2n) is 12.0. The lowest BCUT2D eigenvalue weighted by Gasteiger charge is -2.34. The van der Waals surface area contributed by atoms with Crippen molar-refractivity contribution in [3.63, 3.8) is 0 Å². The molecule has 2 amide bonds. The van der Waals surface area contributed by atoms with Gasteiger partial charge in [-0.25, -0.2) is 12.8 Å². The van der Waals surface area contributed by atoms with Crippen LogP contribution in [0.5, 0.6) is 11.5 Å². The van der Waals surface area contributed by atoms with Crippen LogP contribution in [-0.4, -0.2) is 58.0 Å². The molecule has 49 heavy (non-hydrogen) atoms. The SMILES string of the molecule is CC[C@H](C)NC(=O)[C@H](Cc1ccccc1)N(Cc1ccc(F)cc1)C(=O)CN(c1cc(C)cc(C)c1)S(=O)(=O)c1ccc(OC)c(OC)c1. The fraction of sp³-hybridized carbons (Fsp3) is 0.316. The number of amides is 2. The summed E-state index contributed by atoms with van der Waals surface area (Å²) in [5.74, 6) is -0.893. The van der Waals surface area contributed by atoms with Gasteiger partial charge in [-0.05, 0) is 85.8 Å². The van der Waals surface area contributed by atoms with E-state index < -0.39 is 34.3 Å². The molecular formula is C38H44FN3O6S. The molecule has 0 heterocycles. The van der Waals surface area contributed by atoms with Gasteiger partial charge < -0.3 is 19.7 Å². The van der Waals surface area contributed by atoms with E-state index in [-0.39, 0.29) is 41.2 Å². The molecule has 0 saturated heterocycles. The molecule has 0 fully saturated rings. The lowest BCUT2D eigenvalue weighted by molar-refractivity contribution is -0.140. The van der Waals surface area contributed by atoms with Crippen molar-refractivity contribution in [2.24, 2.45) is 0 Å². The van der Waals surface area contributed by atoms with Gasteiger partial charge in [0.1, 0.15) is 18.4 Å². The highest BCUT2D eigenvalue weighted by molar-refractivity contribution is 7.92. The Bertz CT molecular complexity index is 1830. The first kappa shape index (κ1) is 36.9. The number of benzene rings is 4. The van der Waals surface area contributed by atoms with Crippen LogP contribution in [0.4, 0.5) is 10.1 Å². The maximum absolute atomic E-state index is 14.7. The van der Waals surface area contributed by atoms with Gasteiger partial charge in [0.15, 0.2) is 11.5 Å². The molecule has 260 valence electrons. The van der Waals surface area contributed by atoms with Crippen LogP contribution in [0.25, 0.3) is 0 Å². The minimum Gasteiger partial charge on any atom is -0.493 e. The van der Waals surface area contributed by atoms with Gasteiger partial charge in [-0.2, -0.15) is 0 Å². The Hall–Kier alpha value is -4.90. The number of carbonyl (C=O) groups is 2. The zero-order valence-corrected chi connectivity index (χ0v) is 29.6.